The Hall–Kier alpha value is -2.26. The maximum Gasteiger partial charge on any atom is 0.120 e. The molecule has 1 aromatic heterocycles. The van der Waals surface area contributed by atoms with Gasteiger partial charge in [-0.05, 0) is 42.3 Å². The number of ether oxygens (including phenoxy) is 1. The molecule has 3 nitrogen and oxygen atoms in total. The summed E-state index contributed by atoms with van der Waals surface area (Å²) >= 11 is 0. The summed E-state index contributed by atoms with van der Waals surface area (Å²) in [6.07, 6.45) is 1.08. The molecule has 0 aliphatic carbocycles. The number of aromatic amines is 1. The number of fused-ring (bicyclic) bond motifs is 3. The van der Waals surface area contributed by atoms with Crippen molar-refractivity contribution >= 4 is 10.9 Å². The Labute approximate surface area is 123 Å². The average Bonchev–Trinajstić information content (AvgIpc) is 2.92. The Kier molecular flexibility index (Phi) is 3.13. The van der Waals surface area contributed by atoms with E-state index in [0.717, 1.165) is 25.3 Å². The van der Waals surface area contributed by atoms with Gasteiger partial charge in [0.15, 0.2) is 0 Å². The van der Waals surface area contributed by atoms with E-state index in [1.165, 1.54) is 27.7 Å². The molecular weight excluding hydrogens is 260 g/mol. The van der Waals surface area contributed by atoms with Crippen molar-refractivity contribution in [3.05, 3.63) is 65.4 Å². The summed E-state index contributed by atoms with van der Waals surface area (Å²) in [7, 11) is 0. The van der Waals surface area contributed by atoms with Crippen molar-refractivity contribution in [2.45, 2.75) is 19.6 Å². The van der Waals surface area contributed by atoms with Crippen LogP contribution in [0.3, 0.4) is 0 Å². The Morgan fingerprint density at radius 2 is 1.95 bits per heavy atom. The number of H-pyrrole nitrogens is 1. The van der Waals surface area contributed by atoms with E-state index in [-0.39, 0.29) is 0 Å². The molecule has 4 rings (SSSR count). The topological polar surface area (TPSA) is 37.0 Å². The summed E-state index contributed by atoms with van der Waals surface area (Å²) < 4.78 is 5.93. The molecule has 106 valence electrons. The van der Waals surface area contributed by atoms with Crippen molar-refractivity contribution in [3.8, 4) is 5.75 Å². The van der Waals surface area contributed by atoms with E-state index in [1.807, 2.05) is 24.3 Å². The lowest BCUT2D eigenvalue weighted by atomic mass is 10.0. The summed E-state index contributed by atoms with van der Waals surface area (Å²) in [4.78, 5) is 3.50. The molecule has 0 saturated carbocycles. The van der Waals surface area contributed by atoms with Gasteiger partial charge in [0.25, 0.3) is 0 Å². The number of benzene rings is 2. The maximum absolute atomic E-state index is 5.93. The first-order valence-electron chi connectivity index (χ1n) is 7.41. The van der Waals surface area contributed by atoms with Gasteiger partial charge in [-0.3, -0.25) is 0 Å². The number of nitrogens with one attached hydrogen (secondary N) is 2. The molecule has 2 aromatic carbocycles. The lowest BCUT2D eigenvalue weighted by Crippen LogP contribution is -2.22. The fourth-order valence-electron chi connectivity index (χ4n) is 2.98. The molecule has 0 atom stereocenters. The van der Waals surface area contributed by atoms with Crippen molar-refractivity contribution in [3.63, 3.8) is 0 Å². The summed E-state index contributed by atoms with van der Waals surface area (Å²) in [6, 6.07) is 16.6. The molecule has 0 spiro atoms. The first kappa shape index (κ1) is 12.5. The first-order chi connectivity index (χ1) is 10.4. The Bertz CT molecular complexity index is 761. The average molecular weight is 278 g/mol. The molecule has 2 N–H and O–H groups in total. The lowest BCUT2D eigenvalue weighted by molar-refractivity contribution is 0.306. The van der Waals surface area contributed by atoms with Crippen LogP contribution >= 0.6 is 0 Å². The van der Waals surface area contributed by atoms with E-state index >= 15 is 0 Å². The highest BCUT2D eigenvalue weighted by Gasteiger charge is 2.15. The van der Waals surface area contributed by atoms with Gasteiger partial charge in [0.2, 0.25) is 0 Å². The van der Waals surface area contributed by atoms with E-state index in [1.54, 1.807) is 0 Å². The van der Waals surface area contributed by atoms with Crippen LogP contribution in [0.25, 0.3) is 10.9 Å². The molecule has 3 heteroatoms. The smallest absolute Gasteiger partial charge is 0.120 e. The third kappa shape index (κ3) is 2.41. The van der Waals surface area contributed by atoms with E-state index in [9.17, 15) is 0 Å². The zero-order chi connectivity index (χ0) is 14.1. The molecule has 0 amide bonds. The van der Waals surface area contributed by atoms with Crippen LogP contribution in [0.2, 0.25) is 0 Å². The Morgan fingerprint density at radius 3 is 2.86 bits per heavy atom. The molecule has 0 saturated heterocycles. The molecule has 0 radical (unpaired) electrons. The number of rotatable bonds is 3. The maximum atomic E-state index is 5.93. The minimum Gasteiger partial charge on any atom is -0.489 e. The minimum absolute atomic E-state index is 0.612. The van der Waals surface area contributed by atoms with Crippen molar-refractivity contribution in [2.24, 2.45) is 0 Å². The largest absolute Gasteiger partial charge is 0.489 e. The van der Waals surface area contributed by atoms with Gasteiger partial charge in [0.1, 0.15) is 12.4 Å². The van der Waals surface area contributed by atoms with Crippen molar-refractivity contribution < 1.29 is 4.74 Å². The second kappa shape index (κ2) is 5.26. The summed E-state index contributed by atoms with van der Waals surface area (Å²) in [5, 5.41) is 4.70. The number of hydrogen-bond donors (Lipinski definition) is 2. The van der Waals surface area contributed by atoms with Crippen LogP contribution in [0.1, 0.15) is 16.8 Å². The van der Waals surface area contributed by atoms with E-state index in [4.69, 9.17) is 4.74 Å². The van der Waals surface area contributed by atoms with Crippen LogP contribution in [0.5, 0.6) is 5.75 Å². The van der Waals surface area contributed by atoms with Crippen LogP contribution < -0.4 is 10.1 Å². The molecule has 0 bridgehead atoms. The van der Waals surface area contributed by atoms with Gasteiger partial charge in [-0.15, -0.1) is 0 Å². The monoisotopic (exact) mass is 278 g/mol. The lowest BCUT2D eigenvalue weighted by Gasteiger charge is -2.12. The molecule has 0 unspecified atom stereocenters. The van der Waals surface area contributed by atoms with Gasteiger partial charge in [0.05, 0.1) is 0 Å². The molecule has 21 heavy (non-hydrogen) atoms. The second-order valence-electron chi connectivity index (χ2n) is 5.49. The fraction of sp³-hybridized carbons (Fsp3) is 0.222. The number of hydrogen-bond acceptors (Lipinski definition) is 2. The van der Waals surface area contributed by atoms with Crippen LogP contribution in [0.15, 0.2) is 48.5 Å². The van der Waals surface area contributed by atoms with Gasteiger partial charge in [-0.2, -0.15) is 0 Å². The quantitative estimate of drug-likeness (QED) is 0.770. The Morgan fingerprint density at radius 1 is 1.05 bits per heavy atom. The fourth-order valence-corrected chi connectivity index (χ4v) is 2.98. The molecule has 2 heterocycles. The summed E-state index contributed by atoms with van der Waals surface area (Å²) in [5.41, 5.74) is 5.15. The predicted octanol–water partition coefficient (Wildman–Crippen LogP) is 3.39. The zero-order valence-corrected chi connectivity index (χ0v) is 11.9. The molecule has 1 aliphatic heterocycles. The molecule has 0 fully saturated rings. The van der Waals surface area contributed by atoms with Gasteiger partial charge >= 0.3 is 0 Å². The first-order valence-corrected chi connectivity index (χ1v) is 7.41. The molecule has 3 aromatic rings. The molecule has 1 aliphatic rings. The predicted molar refractivity (Wildman–Crippen MR) is 84.5 cm³/mol. The minimum atomic E-state index is 0.612. The Balaban J connectivity index is 1.61. The zero-order valence-electron chi connectivity index (χ0n) is 11.9. The van der Waals surface area contributed by atoms with Crippen molar-refractivity contribution in [2.75, 3.05) is 6.54 Å². The van der Waals surface area contributed by atoms with Crippen LogP contribution in [0.4, 0.5) is 0 Å². The van der Waals surface area contributed by atoms with Crippen LogP contribution in [-0.2, 0) is 19.6 Å². The van der Waals surface area contributed by atoms with E-state index in [0.29, 0.717) is 6.61 Å². The SMILES string of the molecule is c1ccc(COc2ccc3[nH]c4c(c3c2)CCNC4)cc1. The second-order valence-corrected chi connectivity index (χ2v) is 5.49. The van der Waals surface area contributed by atoms with Gasteiger partial charge in [-0.25, -0.2) is 0 Å². The highest BCUT2D eigenvalue weighted by atomic mass is 16.5. The van der Waals surface area contributed by atoms with Gasteiger partial charge in [0, 0.05) is 23.1 Å². The highest BCUT2D eigenvalue weighted by Crippen LogP contribution is 2.28. The third-order valence-corrected chi connectivity index (χ3v) is 4.07. The van der Waals surface area contributed by atoms with Gasteiger partial charge in [-0.1, -0.05) is 30.3 Å². The molecular formula is C18H18N2O. The summed E-state index contributed by atoms with van der Waals surface area (Å²) in [6.45, 7) is 2.60. The van der Waals surface area contributed by atoms with E-state index < -0.39 is 0 Å². The summed E-state index contributed by atoms with van der Waals surface area (Å²) in [5.74, 6) is 0.937. The van der Waals surface area contributed by atoms with Crippen LogP contribution in [0, 0.1) is 0 Å². The van der Waals surface area contributed by atoms with Crippen molar-refractivity contribution in [1.29, 1.82) is 0 Å². The highest BCUT2D eigenvalue weighted by molar-refractivity contribution is 5.86. The standard InChI is InChI=1S/C18H18N2O/c1-2-4-13(5-3-1)12-21-14-6-7-17-16(10-14)15-8-9-19-11-18(15)20-17/h1-7,10,19-20H,8-9,11-12H2. The van der Waals surface area contributed by atoms with Crippen molar-refractivity contribution in [1.82, 2.24) is 10.3 Å². The third-order valence-electron chi connectivity index (χ3n) is 4.07. The van der Waals surface area contributed by atoms with E-state index in [2.05, 4.69) is 34.6 Å². The van der Waals surface area contributed by atoms with Gasteiger partial charge < -0.3 is 15.0 Å². The normalized spacial score (nSPS) is 14.1. The number of aromatic nitrogens is 1. The van der Waals surface area contributed by atoms with Crippen LogP contribution in [-0.4, -0.2) is 11.5 Å².